The molecule has 31 heavy (non-hydrogen) atoms. The first kappa shape index (κ1) is 23.9. The second-order valence-corrected chi connectivity index (χ2v) is 8.75. The van der Waals surface area contributed by atoms with Gasteiger partial charge in [-0.2, -0.15) is 5.10 Å². The fourth-order valence-electron chi connectivity index (χ4n) is 2.69. The maximum atomic E-state index is 12.3. The van der Waals surface area contributed by atoms with Gasteiger partial charge in [0.25, 0.3) is 5.91 Å². The van der Waals surface area contributed by atoms with Crippen LogP contribution in [0.4, 0.5) is 5.69 Å². The molecule has 9 nitrogen and oxygen atoms in total. The summed E-state index contributed by atoms with van der Waals surface area (Å²) in [6, 6.07) is 12.0. The zero-order valence-corrected chi connectivity index (χ0v) is 18.6. The summed E-state index contributed by atoms with van der Waals surface area (Å²) in [6.07, 6.45) is 2.45. The highest BCUT2D eigenvalue weighted by Crippen LogP contribution is 2.21. The van der Waals surface area contributed by atoms with Gasteiger partial charge in [0.05, 0.1) is 25.3 Å². The third-order valence-corrected chi connectivity index (χ3v) is 5.19. The van der Waals surface area contributed by atoms with E-state index in [1.54, 1.807) is 36.4 Å². The van der Waals surface area contributed by atoms with E-state index < -0.39 is 28.4 Å². The van der Waals surface area contributed by atoms with Crippen molar-refractivity contribution in [2.24, 2.45) is 5.10 Å². The summed E-state index contributed by atoms with van der Waals surface area (Å²) in [5.41, 5.74) is 5.19. The van der Waals surface area contributed by atoms with Gasteiger partial charge in [0, 0.05) is 0 Å². The highest BCUT2D eigenvalue weighted by molar-refractivity contribution is 7.92. The smallest absolute Gasteiger partial charge is 0.343 e. The summed E-state index contributed by atoms with van der Waals surface area (Å²) in [5.74, 6) is -0.597. The Morgan fingerprint density at radius 3 is 2.26 bits per heavy atom. The molecule has 166 valence electrons. The Morgan fingerprint density at radius 1 is 1.10 bits per heavy atom. The molecular weight excluding hydrogens is 422 g/mol. The lowest BCUT2D eigenvalue weighted by Crippen LogP contribution is -2.39. The molecule has 0 bridgehead atoms. The van der Waals surface area contributed by atoms with E-state index in [1.807, 2.05) is 19.9 Å². The SMILES string of the molecule is COC(=O)COc1ccc(/C=N\NC(=O)CN(c2cc(C)cc(C)c2)S(C)(=O)=O)cc1. The average Bonchev–Trinajstić information content (AvgIpc) is 2.69. The van der Waals surface area contributed by atoms with Crippen LogP contribution in [0.5, 0.6) is 5.75 Å². The van der Waals surface area contributed by atoms with Gasteiger partial charge in [-0.05, 0) is 66.9 Å². The number of esters is 1. The van der Waals surface area contributed by atoms with Crippen molar-refractivity contribution in [1.82, 2.24) is 5.43 Å². The molecule has 1 N–H and O–H groups in total. The number of hydrogen-bond acceptors (Lipinski definition) is 7. The Labute approximate surface area is 181 Å². The number of nitrogens with one attached hydrogen (secondary N) is 1. The van der Waals surface area contributed by atoms with Crippen LogP contribution in [-0.2, 0) is 24.3 Å². The number of benzene rings is 2. The van der Waals surface area contributed by atoms with E-state index in [4.69, 9.17) is 4.74 Å². The van der Waals surface area contributed by atoms with Crippen LogP contribution in [0, 0.1) is 13.8 Å². The van der Waals surface area contributed by atoms with Crippen LogP contribution in [0.15, 0.2) is 47.6 Å². The molecule has 0 aliphatic rings. The van der Waals surface area contributed by atoms with E-state index >= 15 is 0 Å². The first-order valence-corrected chi connectivity index (χ1v) is 11.1. The van der Waals surface area contributed by atoms with Gasteiger partial charge in [0.15, 0.2) is 6.61 Å². The number of nitrogens with zero attached hydrogens (tertiary/aromatic N) is 2. The predicted octanol–water partition coefficient (Wildman–Crippen LogP) is 1.77. The number of sulfonamides is 1. The largest absolute Gasteiger partial charge is 0.482 e. The monoisotopic (exact) mass is 447 g/mol. The van der Waals surface area contributed by atoms with Crippen molar-refractivity contribution >= 4 is 33.8 Å². The van der Waals surface area contributed by atoms with Crippen molar-refractivity contribution in [3.63, 3.8) is 0 Å². The quantitative estimate of drug-likeness (QED) is 0.356. The van der Waals surface area contributed by atoms with Gasteiger partial charge in [-0.1, -0.05) is 6.07 Å². The molecule has 0 spiro atoms. The maximum Gasteiger partial charge on any atom is 0.343 e. The third kappa shape index (κ3) is 7.74. The lowest BCUT2D eigenvalue weighted by molar-refractivity contribution is -0.142. The lowest BCUT2D eigenvalue weighted by atomic mass is 10.1. The number of hydrazone groups is 1. The van der Waals surface area contributed by atoms with Crippen molar-refractivity contribution in [1.29, 1.82) is 0 Å². The number of methoxy groups -OCH3 is 1. The molecule has 10 heteroatoms. The molecule has 0 saturated carbocycles. The van der Waals surface area contributed by atoms with Crippen molar-refractivity contribution < 1.29 is 27.5 Å². The minimum Gasteiger partial charge on any atom is -0.482 e. The summed E-state index contributed by atoms with van der Waals surface area (Å²) in [5, 5.41) is 3.86. The molecule has 0 aliphatic carbocycles. The number of ether oxygens (including phenoxy) is 2. The van der Waals surface area contributed by atoms with E-state index in [0.717, 1.165) is 21.7 Å². The van der Waals surface area contributed by atoms with Crippen molar-refractivity contribution in [2.45, 2.75) is 13.8 Å². The maximum absolute atomic E-state index is 12.3. The van der Waals surface area contributed by atoms with Gasteiger partial charge in [0.2, 0.25) is 10.0 Å². The number of carbonyl (C=O) groups is 2. The Morgan fingerprint density at radius 2 is 1.71 bits per heavy atom. The zero-order valence-electron chi connectivity index (χ0n) is 17.8. The second kappa shape index (κ2) is 10.6. The van der Waals surface area contributed by atoms with Crippen molar-refractivity contribution in [3.05, 3.63) is 59.2 Å². The normalized spacial score (nSPS) is 11.2. The first-order chi connectivity index (χ1) is 14.6. The summed E-state index contributed by atoms with van der Waals surface area (Å²) in [7, 11) is -2.39. The zero-order chi connectivity index (χ0) is 23.0. The van der Waals surface area contributed by atoms with Crippen LogP contribution in [-0.4, -0.2) is 53.0 Å². The van der Waals surface area contributed by atoms with Gasteiger partial charge in [-0.3, -0.25) is 9.10 Å². The van der Waals surface area contributed by atoms with Gasteiger partial charge in [-0.15, -0.1) is 0 Å². The van der Waals surface area contributed by atoms with E-state index in [9.17, 15) is 18.0 Å². The topological polar surface area (TPSA) is 114 Å². The summed E-state index contributed by atoms with van der Waals surface area (Å²) in [6.45, 7) is 3.11. The highest BCUT2D eigenvalue weighted by Gasteiger charge is 2.21. The molecule has 0 heterocycles. The molecule has 1 amide bonds. The molecule has 0 atom stereocenters. The molecule has 0 aromatic heterocycles. The van der Waals surface area contributed by atoms with Gasteiger partial charge < -0.3 is 9.47 Å². The molecule has 0 radical (unpaired) electrons. The molecule has 2 rings (SSSR count). The van der Waals surface area contributed by atoms with Crippen LogP contribution in [0.3, 0.4) is 0 Å². The fourth-order valence-corrected chi connectivity index (χ4v) is 3.53. The number of amides is 1. The third-order valence-electron chi connectivity index (χ3n) is 4.05. The molecule has 2 aromatic carbocycles. The van der Waals surface area contributed by atoms with Crippen LogP contribution in [0.25, 0.3) is 0 Å². The number of carbonyl (C=O) groups excluding carboxylic acids is 2. The van der Waals surface area contributed by atoms with Crippen LogP contribution in [0.2, 0.25) is 0 Å². The Hall–Kier alpha value is -3.40. The molecular formula is C21H25N3O6S. The fraction of sp³-hybridized carbons (Fsp3) is 0.286. The highest BCUT2D eigenvalue weighted by atomic mass is 32.2. The van der Waals surface area contributed by atoms with E-state index in [-0.39, 0.29) is 6.61 Å². The van der Waals surface area contributed by atoms with Crippen LogP contribution in [0.1, 0.15) is 16.7 Å². The molecule has 0 saturated heterocycles. The Kier molecular flexibility index (Phi) is 8.14. The van der Waals surface area contributed by atoms with Gasteiger partial charge in [-0.25, -0.2) is 18.6 Å². The number of aryl methyl sites for hydroxylation is 2. The first-order valence-electron chi connectivity index (χ1n) is 9.26. The molecule has 2 aromatic rings. The Bertz CT molecular complexity index is 1040. The summed E-state index contributed by atoms with van der Waals surface area (Å²) >= 11 is 0. The van der Waals surface area contributed by atoms with E-state index in [2.05, 4.69) is 15.3 Å². The molecule has 0 unspecified atom stereocenters. The Balaban J connectivity index is 1.99. The minimum absolute atomic E-state index is 0.197. The average molecular weight is 448 g/mol. The van der Waals surface area contributed by atoms with Gasteiger partial charge in [0.1, 0.15) is 12.3 Å². The van der Waals surface area contributed by atoms with Gasteiger partial charge >= 0.3 is 5.97 Å². The number of anilines is 1. The molecule has 0 aliphatic heterocycles. The second-order valence-electron chi connectivity index (χ2n) is 6.84. The van der Waals surface area contributed by atoms with Crippen LogP contribution < -0.4 is 14.5 Å². The van der Waals surface area contributed by atoms with Crippen LogP contribution >= 0.6 is 0 Å². The minimum atomic E-state index is -3.67. The lowest BCUT2D eigenvalue weighted by Gasteiger charge is -2.22. The molecule has 0 fully saturated rings. The standard InChI is InChI=1S/C21H25N3O6S/c1-15-9-16(2)11-18(10-15)24(31(4,27)28)13-20(25)23-22-12-17-5-7-19(8-6-17)30-14-21(26)29-3/h5-12H,13-14H2,1-4H3,(H,23,25)/b22-12-. The number of rotatable bonds is 9. The van der Waals surface area contributed by atoms with E-state index in [0.29, 0.717) is 17.0 Å². The van der Waals surface area contributed by atoms with Crippen molar-refractivity contribution in [2.75, 3.05) is 30.8 Å². The van der Waals surface area contributed by atoms with E-state index in [1.165, 1.54) is 13.3 Å². The van der Waals surface area contributed by atoms with Crippen molar-refractivity contribution in [3.8, 4) is 5.75 Å². The summed E-state index contributed by atoms with van der Waals surface area (Å²) < 4.78 is 35.2. The number of hydrogen-bond donors (Lipinski definition) is 1. The summed E-state index contributed by atoms with van der Waals surface area (Å²) in [4.78, 5) is 23.3. The predicted molar refractivity (Wildman–Crippen MR) is 118 cm³/mol.